The molecule has 0 saturated carbocycles. The van der Waals surface area contributed by atoms with Crippen molar-refractivity contribution < 1.29 is 4.79 Å². The molecule has 0 bridgehead atoms. The second-order valence-corrected chi connectivity index (χ2v) is 6.84. The van der Waals surface area contributed by atoms with Crippen LogP contribution in [0.3, 0.4) is 0 Å². The van der Waals surface area contributed by atoms with Crippen molar-refractivity contribution in [3.8, 4) is 10.6 Å². The summed E-state index contributed by atoms with van der Waals surface area (Å²) in [6, 6.07) is 10.6. The van der Waals surface area contributed by atoms with Gasteiger partial charge in [-0.25, -0.2) is 0 Å². The molecule has 21 heavy (non-hydrogen) atoms. The van der Waals surface area contributed by atoms with Crippen molar-refractivity contribution >= 4 is 28.5 Å². The van der Waals surface area contributed by atoms with Crippen molar-refractivity contribution in [3.63, 3.8) is 0 Å². The maximum absolute atomic E-state index is 11.6. The molecular weight excluding hydrogens is 278 g/mol. The number of nitrogens with one attached hydrogen (secondary N) is 1. The van der Waals surface area contributed by atoms with Crippen LogP contribution in [0.2, 0.25) is 0 Å². The van der Waals surface area contributed by atoms with Crippen molar-refractivity contribution in [2.45, 2.75) is 33.1 Å². The predicted octanol–water partition coefficient (Wildman–Crippen LogP) is 5.53. The maximum atomic E-state index is 11.6. The van der Waals surface area contributed by atoms with Crippen molar-refractivity contribution in [2.24, 2.45) is 0 Å². The third-order valence-electron chi connectivity index (χ3n) is 4.15. The van der Waals surface area contributed by atoms with Crippen LogP contribution >= 0.6 is 11.3 Å². The Morgan fingerprint density at radius 2 is 2.10 bits per heavy atom. The minimum absolute atomic E-state index is 0.510. The highest BCUT2D eigenvalue weighted by atomic mass is 32.1. The average Bonchev–Trinajstić information content (AvgIpc) is 3.08. The van der Waals surface area contributed by atoms with Gasteiger partial charge in [0.15, 0.2) is 6.29 Å². The standard InChI is InChI=1S/C18H19NOS/c1-4-11(2)13-6-7-16-14(9-13)15(10-20)18(19-16)17-8-5-12(3)21-17/h5-11,19H,4H2,1-3H3. The average molecular weight is 297 g/mol. The van der Waals surface area contributed by atoms with Gasteiger partial charge in [-0.2, -0.15) is 0 Å². The lowest BCUT2D eigenvalue weighted by atomic mass is 9.96. The number of aryl methyl sites for hydroxylation is 1. The van der Waals surface area contributed by atoms with Gasteiger partial charge in [-0.3, -0.25) is 4.79 Å². The SMILES string of the molecule is CCC(C)c1ccc2[nH]c(-c3ccc(C)s3)c(C=O)c2c1. The van der Waals surface area contributed by atoms with Crippen LogP contribution in [0.5, 0.6) is 0 Å². The molecule has 1 aromatic carbocycles. The first-order valence-electron chi connectivity index (χ1n) is 7.31. The molecule has 1 N–H and O–H groups in total. The van der Waals surface area contributed by atoms with Crippen LogP contribution in [0.4, 0.5) is 0 Å². The fraction of sp³-hybridized carbons (Fsp3) is 0.278. The number of aromatic amines is 1. The lowest BCUT2D eigenvalue weighted by Crippen LogP contribution is -1.90. The highest BCUT2D eigenvalue weighted by molar-refractivity contribution is 7.15. The molecule has 0 fully saturated rings. The molecular formula is C18H19NOS. The number of fused-ring (bicyclic) bond motifs is 1. The predicted molar refractivity (Wildman–Crippen MR) is 90.4 cm³/mol. The molecule has 0 radical (unpaired) electrons. The third kappa shape index (κ3) is 2.42. The molecule has 0 aliphatic rings. The van der Waals surface area contributed by atoms with Crippen LogP contribution in [0.25, 0.3) is 21.5 Å². The number of H-pyrrole nitrogens is 1. The Morgan fingerprint density at radius 3 is 2.71 bits per heavy atom. The van der Waals surface area contributed by atoms with Crippen molar-refractivity contribution in [2.75, 3.05) is 0 Å². The first-order chi connectivity index (χ1) is 10.1. The lowest BCUT2D eigenvalue weighted by molar-refractivity contribution is 0.112. The normalized spacial score (nSPS) is 12.7. The van der Waals surface area contributed by atoms with Gasteiger partial charge >= 0.3 is 0 Å². The highest BCUT2D eigenvalue weighted by Gasteiger charge is 2.15. The molecule has 3 aromatic rings. The molecule has 0 spiro atoms. The van der Waals surface area contributed by atoms with E-state index in [-0.39, 0.29) is 0 Å². The molecule has 2 heterocycles. The number of carbonyl (C=O) groups excluding carboxylic acids is 1. The number of hydrogen-bond acceptors (Lipinski definition) is 2. The van der Waals surface area contributed by atoms with Gasteiger partial charge in [0.1, 0.15) is 0 Å². The van der Waals surface area contributed by atoms with Gasteiger partial charge in [0.05, 0.1) is 10.6 Å². The van der Waals surface area contributed by atoms with Gasteiger partial charge in [-0.05, 0) is 49.1 Å². The highest BCUT2D eigenvalue weighted by Crippen LogP contribution is 2.34. The molecule has 108 valence electrons. The van der Waals surface area contributed by atoms with Gasteiger partial charge in [0, 0.05) is 21.3 Å². The summed E-state index contributed by atoms with van der Waals surface area (Å²) in [7, 11) is 0. The largest absolute Gasteiger partial charge is 0.353 e. The maximum Gasteiger partial charge on any atom is 0.152 e. The second-order valence-electron chi connectivity index (χ2n) is 5.56. The van der Waals surface area contributed by atoms with E-state index in [4.69, 9.17) is 0 Å². The van der Waals surface area contributed by atoms with Crippen LogP contribution in [0, 0.1) is 6.92 Å². The summed E-state index contributed by atoms with van der Waals surface area (Å²) < 4.78 is 0. The van der Waals surface area contributed by atoms with Crippen molar-refractivity contribution in [1.82, 2.24) is 4.98 Å². The topological polar surface area (TPSA) is 32.9 Å². The van der Waals surface area contributed by atoms with Crippen LogP contribution in [-0.2, 0) is 0 Å². The van der Waals surface area contributed by atoms with Gasteiger partial charge in [-0.1, -0.05) is 19.9 Å². The first kappa shape index (κ1) is 14.1. The summed E-state index contributed by atoms with van der Waals surface area (Å²) in [6.07, 6.45) is 2.08. The van der Waals surface area contributed by atoms with E-state index >= 15 is 0 Å². The van der Waals surface area contributed by atoms with E-state index in [1.165, 1.54) is 10.4 Å². The van der Waals surface area contributed by atoms with Gasteiger partial charge in [-0.15, -0.1) is 11.3 Å². The van der Waals surface area contributed by atoms with Crippen LogP contribution in [0.15, 0.2) is 30.3 Å². The second kappa shape index (κ2) is 5.49. The van der Waals surface area contributed by atoms with E-state index in [0.717, 1.165) is 39.7 Å². The van der Waals surface area contributed by atoms with E-state index in [1.54, 1.807) is 11.3 Å². The van der Waals surface area contributed by atoms with Crippen LogP contribution < -0.4 is 0 Å². The molecule has 0 amide bonds. The molecule has 0 aliphatic carbocycles. The zero-order valence-corrected chi connectivity index (χ0v) is 13.4. The number of carbonyl (C=O) groups is 1. The van der Waals surface area contributed by atoms with E-state index < -0.39 is 0 Å². The molecule has 3 rings (SSSR count). The van der Waals surface area contributed by atoms with Crippen LogP contribution in [0.1, 0.15) is 47.0 Å². The number of aromatic nitrogens is 1. The molecule has 2 aromatic heterocycles. The smallest absolute Gasteiger partial charge is 0.152 e. The Labute approximate surface area is 128 Å². The van der Waals surface area contributed by atoms with Crippen molar-refractivity contribution in [3.05, 3.63) is 46.3 Å². The van der Waals surface area contributed by atoms with E-state index in [0.29, 0.717) is 5.92 Å². The van der Waals surface area contributed by atoms with Crippen molar-refractivity contribution in [1.29, 1.82) is 0 Å². The fourth-order valence-corrected chi connectivity index (χ4v) is 3.54. The summed E-state index contributed by atoms with van der Waals surface area (Å²) >= 11 is 1.71. The van der Waals surface area contributed by atoms with E-state index in [9.17, 15) is 4.79 Å². The summed E-state index contributed by atoms with van der Waals surface area (Å²) in [4.78, 5) is 17.4. The number of rotatable bonds is 4. The minimum Gasteiger partial charge on any atom is -0.353 e. The minimum atomic E-state index is 0.510. The zero-order chi connectivity index (χ0) is 15.0. The summed E-state index contributed by atoms with van der Waals surface area (Å²) in [5, 5.41) is 1.03. The summed E-state index contributed by atoms with van der Waals surface area (Å²) in [5.74, 6) is 0.510. The molecule has 1 unspecified atom stereocenters. The Hall–Kier alpha value is -1.87. The Bertz CT molecular complexity index is 797. The summed E-state index contributed by atoms with van der Waals surface area (Å²) in [5.41, 5.74) is 4.04. The molecule has 0 aliphatic heterocycles. The number of benzene rings is 1. The quantitative estimate of drug-likeness (QED) is 0.631. The molecule has 1 atom stereocenters. The monoisotopic (exact) mass is 297 g/mol. The Morgan fingerprint density at radius 1 is 1.29 bits per heavy atom. The van der Waals surface area contributed by atoms with Gasteiger partial charge in [0.2, 0.25) is 0 Å². The zero-order valence-electron chi connectivity index (χ0n) is 12.6. The molecule has 0 saturated heterocycles. The fourth-order valence-electron chi connectivity index (χ4n) is 2.66. The Kier molecular flexibility index (Phi) is 3.68. The number of aldehydes is 1. The van der Waals surface area contributed by atoms with E-state index in [2.05, 4.69) is 56.1 Å². The summed E-state index contributed by atoms with van der Waals surface area (Å²) in [6.45, 7) is 6.49. The Balaban J connectivity index is 2.21. The molecule has 3 heteroatoms. The number of hydrogen-bond donors (Lipinski definition) is 1. The molecule has 2 nitrogen and oxygen atoms in total. The number of thiophene rings is 1. The third-order valence-corrected chi connectivity index (χ3v) is 5.17. The first-order valence-corrected chi connectivity index (χ1v) is 8.13. The van der Waals surface area contributed by atoms with Gasteiger partial charge < -0.3 is 4.98 Å². The van der Waals surface area contributed by atoms with E-state index in [1.807, 2.05) is 0 Å². The lowest BCUT2D eigenvalue weighted by Gasteiger charge is -2.08. The van der Waals surface area contributed by atoms with Gasteiger partial charge in [0.25, 0.3) is 0 Å². The van der Waals surface area contributed by atoms with Crippen LogP contribution in [-0.4, -0.2) is 11.3 Å².